The predicted octanol–water partition coefficient (Wildman–Crippen LogP) is 6.35. The molecule has 1 rings (SSSR count). The van der Waals surface area contributed by atoms with Gasteiger partial charge in [-0.05, 0) is 0 Å². The van der Waals surface area contributed by atoms with E-state index in [1.807, 2.05) is 6.92 Å². The van der Waals surface area contributed by atoms with Crippen LogP contribution in [0.15, 0.2) is 0 Å². The number of hydrogen-bond donors (Lipinski definition) is 0. The molecule has 0 aromatic heterocycles. The number of unbranched alkanes of at least 4 members (excludes halogenated alkanes) is 3. The van der Waals surface area contributed by atoms with E-state index in [1.165, 1.54) is 58.3 Å². The van der Waals surface area contributed by atoms with Crippen molar-refractivity contribution in [3.8, 4) is 9.86 Å². The zero-order valence-corrected chi connectivity index (χ0v) is 20.3. The summed E-state index contributed by atoms with van der Waals surface area (Å²) in [6.45, 7) is 11.2. The van der Waals surface area contributed by atoms with Gasteiger partial charge in [-0.3, -0.25) is 0 Å². The molecule has 0 heterocycles. The summed E-state index contributed by atoms with van der Waals surface area (Å²) >= 11 is -2.34. The van der Waals surface area contributed by atoms with Crippen LogP contribution in [0.25, 0.3) is 0 Å². The van der Waals surface area contributed by atoms with Crippen molar-refractivity contribution in [2.75, 3.05) is 19.8 Å². The Morgan fingerprint density at radius 3 is 1.80 bits per heavy atom. The van der Waals surface area contributed by atoms with Gasteiger partial charge in [-0.15, -0.1) is 0 Å². The Morgan fingerprint density at radius 1 is 0.840 bits per heavy atom. The molecule has 2 nitrogen and oxygen atoms in total. The fourth-order valence-electron chi connectivity index (χ4n) is 3.60. The number of rotatable bonds is 14. The third-order valence-electron chi connectivity index (χ3n) is 5.55. The van der Waals surface area contributed by atoms with Crippen LogP contribution in [-0.4, -0.2) is 43.8 Å². The van der Waals surface area contributed by atoms with Crippen LogP contribution < -0.4 is 0 Å². The third kappa shape index (κ3) is 8.67. The maximum absolute atomic E-state index is 6.21. The molecule has 0 saturated heterocycles. The first-order chi connectivity index (χ1) is 12.2. The van der Waals surface area contributed by atoms with Crippen LogP contribution in [0.2, 0.25) is 13.3 Å². The van der Waals surface area contributed by atoms with Gasteiger partial charge in [-0.1, -0.05) is 0 Å². The molecule has 0 aromatic rings. The Morgan fingerprint density at radius 2 is 1.40 bits per heavy atom. The second kappa shape index (κ2) is 13.4. The summed E-state index contributed by atoms with van der Waals surface area (Å²) in [5.41, 5.74) is -0.121. The third-order valence-corrected chi connectivity index (χ3v) is 18.6. The van der Waals surface area contributed by atoms with E-state index in [4.69, 9.17) is 9.47 Å². The molecular formula is C22H42O2Sn. The summed E-state index contributed by atoms with van der Waals surface area (Å²) in [5.74, 6) is 3.74. The van der Waals surface area contributed by atoms with Crippen LogP contribution in [0.5, 0.6) is 0 Å². The van der Waals surface area contributed by atoms with E-state index in [-0.39, 0.29) is 5.60 Å². The maximum atomic E-state index is 6.21. The van der Waals surface area contributed by atoms with Gasteiger partial charge in [0.15, 0.2) is 0 Å². The average Bonchev–Trinajstić information content (AvgIpc) is 2.60. The Bertz CT molecular complexity index is 371. The van der Waals surface area contributed by atoms with Crippen LogP contribution in [0.4, 0.5) is 0 Å². The monoisotopic (exact) mass is 458 g/mol. The number of hydrogen-bond acceptors (Lipinski definition) is 2. The molecule has 1 aliphatic rings. The van der Waals surface area contributed by atoms with Gasteiger partial charge in [0.1, 0.15) is 0 Å². The molecule has 0 bridgehead atoms. The molecular weight excluding hydrogens is 415 g/mol. The average molecular weight is 457 g/mol. The van der Waals surface area contributed by atoms with Crippen LogP contribution in [0, 0.1) is 9.86 Å². The van der Waals surface area contributed by atoms with Gasteiger partial charge in [-0.2, -0.15) is 0 Å². The van der Waals surface area contributed by atoms with Gasteiger partial charge in [-0.25, -0.2) is 0 Å². The molecule has 0 radical (unpaired) electrons. The Labute approximate surface area is 161 Å². The van der Waals surface area contributed by atoms with E-state index in [2.05, 4.69) is 30.6 Å². The van der Waals surface area contributed by atoms with Crippen molar-refractivity contribution < 1.29 is 9.47 Å². The van der Waals surface area contributed by atoms with E-state index in [0.717, 1.165) is 19.4 Å². The number of ether oxygens (including phenoxy) is 2. The molecule has 0 spiro atoms. The van der Waals surface area contributed by atoms with Gasteiger partial charge in [0, 0.05) is 0 Å². The van der Waals surface area contributed by atoms with E-state index in [1.54, 1.807) is 0 Å². The van der Waals surface area contributed by atoms with Crippen LogP contribution in [-0.2, 0) is 9.47 Å². The van der Waals surface area contributed by atoms with Crippen LogP contribution in [0.1, 0.15) is 85.5 Å². The van der Waals surface area contributed by atoms with E-state index in [9.17, 15) is 0 Å². The fraction of sp³-hybridized carbons (Fsp3) is 0.909. The van der Waals surface area contributed by atoms with Gasteiger partial charge in [0.2, 0.25) is 0 Å². The molecule has 1 saturated carbocycles. The first-order valence-corrected chi connectivity index (χ1v) is 18.4. The van der Waals surface area contributed by atoms with Crippen molar-refractivity contribution in [3.05, 3.63) is 0 Å². The molecule has 3 heteroatoms. The van der Waals surface area contributed by atoms with Crippen molar-refractivity contribution in [3.63, 3.8) is 0 Å². The SMILES string of the molecule is CCC[CH2][Sn]([C]#CC1(OCCOCC)CCC1)([CH2]CCC)[CH2]CCC. The normalized spacial score (nSPS) is 16.2. The van der Waals surface area contributed by atoms with Gasteiger partial charge in [0.05, 0.1) is 0 Å². The minimum absolute atomic E-state index is 0.121. The predicted molar refractivity (Wildman–Crippen MR) is 112 cm³/mol. The summed E-state index contributed by atoms with van der Waals surface area (Å²) in [7, 11) is 0. The van der Waals surface area contributed by atoms with E-state index in [0.29, 0.717) is 13.2 Å². The zero-order valence-electron chi connectivity index (χ0n) is 17.4. The molecule has 0 aromatic carbocycles. The summed E-state index contributed by atoms with van der Waals surface area (Å²) in [6.07, 6.45) is 11.6. The molecule has 0 unspecified atom stereocenters. The Balaban J connectivity index is 2.82. The quantitative estimate of drug-likeness (QED) is 0.172. The first kappa shape index (κ1) is 23.3. The van der Waals surface area contributed by atoms with Crippen molar-refractivity contribution in [2.45, 2.75) is 104 Å². The molecule has 0 N–H and O–H groups in total. The van der Waals surface area contributed by atoms with Crippen molar-refractivity contribution in [1.29, 1.82) is 0 Å². The summed E-state index contributed by atoms with van der Waals surface area (Å²) in [6, 6.07) is 0. The van der Waals surface area contributed by atoms with Gasteiger partial charge >= 0.3 is 162 Å². The van der Waals surface area contributed by atoms with Gasteiger partial charge < -0.3 is 0 Å². The van der Waals surface area contributed by atoms with Gasteiger partial charge in [0.25, 0.3) is 0 Å². The fourth-order valence-corrected chi connectivity index (χ4v) is 17.0. The topological polar surface area (TPSA) is 18.5 Å². The molecule has 0 aliphatic heterocycles. The van der Waals surface area contributed by atoms with Crippen molar-refractivity contribution in [2.24, 2.45) is 0 Å². The summed E-state index contributed by atoms with van der Waals surface area (Å²) in [4.78, 5) is 0. The van der Waals surface area contributed by atoms with Crippen molar-refractivity contribution in [1.82, 2.24) is 0 Å². The Hall–Kier alpha value is 0.279. The summed E-state index contributed by atoms with van der Waals surface area (Å²) < 4.78 is 20.1. The molecule has 1 fully saturated rings. The van der Waals surface area contributed by atoms with E-state index >= 15 is 0 Å². The van der Waals surface area contributed by atoms with Crippen LogP contribution in [0.3, 0.4) is 0 Å². The first-order valence-electron chi connectivity index (χ1n) is 10.9. The minimum atomic E-state index is -2.34. The van der Waals surface area contributed by atoms with Crippen LogP contribution >= 0.6 is 0 Å². The second-order valence-corrected chi connectivity index (χ2v) is 20.0. The molecule has 1 aliphatic carbocycles. The molecule has 0 atom stereocenters. The van der Waals surface area contributed by atoms with Crippen molar-refractivity contribution >= 4 is 18.4 Å². The standard InChI is InChI=1S/C10H15O2.3C4H9.Sn/c1-3-10(6-5-7-10)12-9-8-11-4-2;3*1-3-4-2;/h4-9H2,2H3;3*1,3-4H2,2H3;. The molecule has 146 valence electrons. The zero-order chi connectivity index (χ0) is 18.4. The molecule has 0 amide bonds. The Kier molecular flexibility index (Phi) is 12.5. The van der Waals surface area contributed by atoms with E-state index < -0.39 is 18.4 Å². The summed E-state index contributed by atoms with van der Waals surface area (Å²) in [5, 5.41) is 0. The molecule has 25 heavy (non-hydrogen) atoms. The second-order valence-electron chi connectivity index (χ2n) is 7.73.